The number of pyridine rings is 1. The molecular weight excluding hydrogens is 344 g/mol. The maximum absolute atomic E-state index is 12.8. The number of nitrogens with one attached hydrogen (secondary N) is 1. The smallest absolute Gasteiger partial charge is 0.321 e. The zero-order chi connectivity index (χ0) is 19.2. The SMILES string of the molecule is CCOC(=O)C(C(=O)OCC)C(c1ccccc1)c1c[nH]c2ccncc12. The average molecular weight is 366 g/mol. The van der Waals surface area contributed by atoms with E-state index in [4.69, 9.17) is 9.47 Å². The molecule has 0 aliphatic carbocycles. The summed E-state index contributed by atoms with van der Waals surface area (Å²) in [5.41, 5.74) is 2.51. The Kier molecular flexibility index (Phi) is 5.86. The Morgan fingerprint density at radius 3 is 2.33 bits per heavy atom. The highest BCUT2D eigenvalue weighted by Crippen LogP contribution is 2.37. The number of aromatic amines is 1. The van der Waals surface area contributed by atoms with Gasteiger partial charge in [0.05, 0.1) is 13.2 Å². The summed E-state index contributed by atoms with van der Waals surface area (Å²) >= 11 is 0. The topological polar surface area (TPSA) is 81.3 Å². The van der Waals surface area contributed by atoms with Gasteiger partial charge in [-0.05, 0) is 31.0 Å². The molecule has 6 nitrogen and oxygen atoms in total. The third kappa shape index (κ3) is 3.84. The van der Waals surface area contributed by atoms with Crippen LogP contribution in [-0.2, 0) is 19.1 Å². The van der Waals surface area contributed by atoms with Crippen molar-refractivity contribution in [1.29, 1.82) is 0 Å². The second-order valence-corrected chi connectivity index (χ2v) is 6.04. The van der Waals surface area contributed by atoms with Crippen molar-refractivity contribution in [2.75, 3.05) is 13.2 Å². The maximum Gasteiger partial charge on any atom is 0.321 e. The Morgan fingerprint density at radius 1 is 1.04 bits per heavy atom. The number of carbonyl (C=O) groups is 2. The molecule has 0 radical (unpaired) electrons. The van der Waals surface area contributed by atoms with Crippen LogP contribution in [0, 0.1) is 5.92 Å². The van der Waals surface area contributed by atoms with Crippen LogP contribution in [0.3, 0.4) is 0 Å². The molecule has 1 atom stereocenters. The van der Waals surface area contributed by atoms with Gasteiger partial charge in [0.15, 0.2) is 5.92 Å². The second kappa shape index (κ2) is 8.49. The lowest BCUT2D eigenvalue weighted by atomic mass is 9.80. The van der Waals surface area contributed by atoms with E-state index in [0.29, 0.717) is 0 Å². The molecule has 140 valence electrons. The van der Waals surface area contributed by atoms with E-state index < -0.39 is 23.8 Å². The van der Waals surface area contributed by atoms with Crippen molar-refractivity contribution in [1.82, 2.24) is 9.97 Å². The first-order valence-electron chi connectivity index (χ1n) is 8.96. The highest BCUT2D eigenvalue weighted by atomic mass is 16.6. The Bertz CT molecular complexity index is 902. The van der Waals surface area contributed by atoms with Gasteiger partial charge in [-0.1, -0.05) is 30.3 Å². The first kappa shape index (κ1) is 18.6. The van der Waals surface area contributed by atoms with Crippen LogP contribution in [0.15, 0.2) is 55.0 Å². The highest BCUT2D eigenvalue weighted by molar-refractivity contribution is 5.98. The lowest BCUT2D eigenvalue weighted by molar-refractivity contribution is -0.162. The van der Waals surface area contributed by atoms with Crippen molar-refractivity contribution in [2.45, 2.75) is 19.8 Å². The van der Waals surface area contributed by atoms with E-state index in [1.54, 1.807) is 26.2 Å². The van der Waals surface area contributed by atoms with E-state index in [9.17, 15) is 9.59 Å². The molecule has 0 bridgehead atoms. The van der Waals surface area contributed by atoms with Crippen molar-refractivity contribution < 1.29 is 19.1 Å². The lowest BCUT2D eigenvalue weighted by Gasteiger charge is -2.24. The largest absolute Gasteiger partial charge is 0.465 e. The summed E-state index contributed by atoms with van der Waals surface area (Å²) < 4.78 is 10.4. The number of H-pyrrole nitrogens is 1. The minimum Gasteiger partial charge on any atom is -0.465 e. The van der Waals surface area contributed by atoms with E-state index in [-0.39, 0.29) is 13.2 Å². The summed E-state index contributed by atoms with van der Waals surface area (Å²) in [4.78, 5) is 32.9. The molecule has 2 heterocycles. The molecule has 0 amide bonds. The van der Waals surface area contributed by atoms with Gasteiger partial charge in [0.1, 0.15) is 0 Å². The van der Waals surface area contributed by atoms with E-state index in [1.165, 1.54) is 0 Å². The number of carbonyl (C=O) groups excluding carboxylic acids is 2. The summed E-state index contributed by atoms with van der Waals surface area (Å²) in [6.45, 7) is 3.80. The number of hydrogen-bond acceptors (Lipinski definition) is 5. The first-order chi connectivity index (χ1) is 13.2. The zero-order valence-electron chi connectivity index (χ0n) is 15.3. The molecule has 1 aromatic carbocycles. The normalized spacial score (nSPS) is 12.1. The molecule has 6 heteroatoms. The molecular formula is C21H22N2O4. The highest BCUT2D eigenvalue weighted by Gasteiger charge is 2.40. The number of ether oxygens (including phenoxy) is 2. The van der Waals surface area contributed by atoms with Crippen LogP contribution in [0.4, 0.5) is 0 Å². The van der Waals surface area contributed by atoms with Gasteiger partial charge in [0, 0.05) is 35.4 Å². The van der Waals surface area contributed by atoms with Crippen LogP contribution >= 0.6 is 0 Å². The van der Waals surface area contributed by atoms with Gasteiger partial charge >= 0.3 is 11.9 Å². The molecule has 3 rings (SSSR count). The number of aromatic nitrogens is 2. The van der Waals surface area contributed by atoms with Crippen LogP contribution in [0.2, 0.25) is 0 Å². The molecule has 1 N–H and O–H groups in total. The molecule has 0 aliphatic rings. The van der Waals surface area contributed by atoms with Crippen molar-refractivity contribution >= 4 is 22.8 Å². The van der Waals surface area contributed by atoms with E-state index >= 15 is 0 Å². The monoisotopic (exact) mass is 366 g/mol. The Morgan fingerprint density at radius 2 is 1.70 bits per heavy atom. The van der Waals surface area contributed by atoms with Crippen molar-refractivity contribution in [2.24, 2.45) is 5.92 Å². The number of benzene rings is 1. The molecule has 0 aliphatic heterocycles. The second-order valence-electron chi connectivity index (χ2n) is 6.04. The van der Waals surface area contributed by atoms with E-state index in [1.807, 2.05) is 42.6 Å². The van der Waals surface area contributed by atoms with Crippen LogP contribution in [0.25, 0.3) is 10.9 Å². The minimum absolute atomic E-state index is 0.186. The third-order valence-electron chi connectivity index (χ3n) is 4.42. The number of fused-ring (bicyclic) bond motifs is 1. The molecule has 0 saturated carbocycles. The third-order valence-corrected chi connectivity index (χ3v) is 4.42. The number of esters is 2. The fourth-order valence-corrected chi connectivity index (χ4v) is 3.29. The summed E-state index contributed by atoms with van der Waals surface area (Å²) in [5.74, 6) is -2.85. The van der Waals surface area contributed by atoms with Crippen LogP contribution in [0.5, 0.6) is 0 Å². The number of hydrogen-bond donors (Lipinski definition) is 1. The molecule has 3 aromatic rings. The molecule has 2 aromatic heterocycles. The average Bonchev–Trinajstić information content (AvgIpc) is 3.10. The minimum atomic E-state index is -1.11. The maximum atomic E-state index is 12.8. The van der Waals surface area contributed by atoms with E-state index in [2.05, 4.69) is 9.97 Å². The van der Waals surface area contributed by atoms with Crippen LogP contribution < -0.4 is 0 Å². The first-order valence-corrected chi connectivity index (χ1v) is 8.96. The fourth-order valence-electron chi connectivity index (χ4n) is 3.29. The molecule has 1 unspecified atom stereocenters. The predicted molar refractivity (Wildman–Crippen MR) is 101 cm³/mol. The molecule has 0 saturated heterocycles. The number of rotatable bonds is 7. The number of nitrogens with zero attached hydrogens (tertiary/aromatic N) is 1. The summed E-state index contributed by atoms with van der Waals surface area (Å²) in [7, 11) is 0. The van der Waals surface area contributed by atoms with Gasteiger partial charge in [-0.3, -0.25) is 14.6 Å². The lowest BCUT2D eigenvalue weighted by Crippen LogP contribution is -2.34. The van der Waals surface area contributed by atoms with Crippen LogP contribution in [-0.4, -0.2) is 35.1 Å². The summed E-state index contributed by atoms with van der Waals surface area (Å²) in [5, 5.41) is 0.852. The Hall–Kier alpha value is -3.15. The zero-order valence-corrected chi connectivity index (χ0v) is 15.3. The van der Waals surface area contributed by atoms with Crippen molar-refractivity contribution in [3.63, 3.8) is 0 Å². The van der Waals surface area contributed by atoms with Gasteiger partial charge < -0.3 is 14.5 Å². The quantitative estimate of drug-likeness (QED) is 0.512. The van der Waals surface area contributed by atoms with Crippen molar-refractivity contribution in [3.05, 3.63) is 66.1 Å². The van der Waals surface area contributed by atoms with Gasteiger partial charge in [-0.15, -0.1) is 0 Å². The van der Waals surface area contributed by atoms with Gasteiger partial charge in [-0.25, -0.2) is 0 Å². The van der Waals surface area contributed by atoms with Gasteiger partial charge in [-0.2, -0.15) is 0 Å². The summed E-state index contributed by atoms with van der Waals surface area (Å²) in [6, 6.07) is 11.3. The van der Waals surface area contributed by atoms with Gasteiger partial charge in [0.25, 0.3) is 0 Å². The standard InChI is InChI=1S/C21H22N2O4/c1-3-26-20(24)19(21(25)27-4-2)18(14-8-6-5-7-9-14)16-13-23-17-10-11-22-12-15(16)17/h5-13,18-19,23H,3-4H2,1-2H3. The van der Waals surface area contributed by atoms with Crippen LogP contribution in [0.1, 0.15) is 30.9 Å². The molecule has 0 spiro atoms. The van der Waals surface area contributed by atoms with Crippen molar-refractivity contribution in [3.8, 4) is 0 Å². The summed E-state index contributed by atoms with van der Waals surface area (Å²) in [6.07, 6.45) is 5.23. The van der Waals surface area contributed by atoms with Gasteiger partial charge in [0.2, 0.25) is 0 Å². The Balaban J connectivity index is 2.18. The fraction of sp³-hybridized carbons (Fsp3) is 0.286. The molecule has 27 heavy (non-hydrogen) atoms. The Labute approximate surface area is 157 Å². The van der Waals surface area contributed by atoms with E-state index in [0.717, 1.165) is 22.0 Å². The molecule has 0 fully saturated rings. The predicted octanol–water partition coefficient (Wildman–Crippen LogP) is 3.44.